The van der Waals surface area contributed by atoms with Crippen molar-refractivity contribution < 1.29 is 0 Å². The first kappa shape index (κ1) is 6.66. The highest BCUT2D eigenvalue weighted by molar-refractivity contribution is 5.00. The normalized spacial score (nSPS) is 27.6. The van der Waals surface area contributed by atoms with Gasteiger partial charge in [0.25, 0.3) is 0 Å². The van der Waals surface area contributed by atoms with Crippen LogP contribution < -0.4 is 0 Å². The molecule has 0 aromatic heterocycles. The monoisotopic (exact) mass is 125 g/mol. The first-order valence-electron chi connectivity index (χ1n) is 3.63. The molecule has 1 rings (SSSR count). The Balaban J connectivity index is 2.44. The van der Waals surface area contributed by atoms with Gasteiger partial charge in [-0.1, -0.05) is 19.9 Å². The average molecular weight is 125 g/mol. The number of hydrogen-bond donors (Lipinski definition) is 0. The summed E-state index contributed by atoms with van der Waals surface area (Å²) in [5.41, 5.74) is 1.31. The summed E-state index contributed by atoms with van der Waals surface area (Å²) >= 11 is 0. The molecule has 0 aromatic rings. The van der Waals surface area contributed by atoms with Crippen molar-refractivity contribution >= 4 is 0 Å². The van der Waals surface area contributed by atoms with Gasteiger partial charge < -0.3 is 4.90 Å². The lowest BCUT2D eigenvalue weighted by atomic mass is 10.1. The summed E-state index contributed by atoms with van der Waals surface area (Å²) in [4.78, 5) is 2.26. The molecule has 1 nitrogen and oxygen atoms in total. The van der Waals surface area contributed by atoms with Gasteiger partial charge in [-0.2, -0.15) is 0 Å². The summed E-state index contributed by atoms with van der Waals surface area (Å²) < 4.78 is 0. The molecule has 1 atom stereocenters. The van der Waals surface area contributed by atoms with Crippen molar-refractivity contribution in [3.05, 3.63) is 12.3 Å². The van der Waals surface area contributed by atoms with E-state index in [0.29, 0.717) is 0 Å². The quantitative estimate of drug-likeness (QED) is 0.517. The highest BCUT2D eigenvalue weighted by Gasteiger charge is 2.19. The van der Waals surface area contributed by atoms with Gasteiger partial charge in [0, 0.05) is 19.3 Å². The molecule has 0 aliphatic carbocycles. The number of nitrogens with zero attached hydrogens (tertiary/aromatic N) is 1. The van der Waals surface area contributed by atoms with Gasteiger partial charge in [0.2, 0.25) is 0 Å². The van der Waals surface area contributed by atoms with E-state index in [9.17, 15) is 0 Å². The van der Waals surface area contributed by atoms with Gasteiger partial charge in [-0.15, -0.1) is 0 Å². The number of rotatable bonds is 1. The zero-order chi connectivity index (χ0) is 6.85. The average Bonchev–Trinajstić information content (AvgIpc) is 2.13. The Morgan fingerprint density at radius 1 is 1.78 bits per heavy atom. The standard InChI is InChI=1S/C8H15N/c1-4-8-5-7(2)9(3)6-8/h8H,2,4-6H2,1,3H3. The zero-order valence-electron chi connectivity index (χ0n) is 6.35. The van der Waals surface area contributed by atoms with Crippen LogP contribution in [0.5, 0.6) is 0 Å². The predicted molar refractivity (Wildman–Crippen MR) is 40.2 cm³/mol. The van der Waals surface area contributed by atoms with Crippen molar-refractivity contribution in [2.24, 2.45) is 5.92 Å². The Morgan fingerprint density at radius 2 is 2.44 bits per heavy atom. The SMILES string of the molecule is C=C1CC(CC)CN1C. The third-order valence-corrected chi connectivity index (χ3v) is 2.17. The van der Waals surface area contributed by atoms with Gasteiger partial charge >= 0.3 is 0 Å². The molecule has 1 saturated heterocycles. The molecule has 0 spiro atoms. The van der Waals surface area contributed by atoms with Gasteiger partial charge in [-0.25, -0.2) is 0 Å². The van der Waals surface area contributed by atoms with Gasteiger partial charge in [0.05, 0.1) is 0 Å². The molecule has 0 bridgehead atoms. The lowest BCUT2D eigenvalue weighted by Crippen LogP contribution is -2.11. The van der Waals surface area contributed by atoms with Crippen LogP contribution >= 0.6 is 0 Å². The Morgan fingerprint density at radius 3 is 2.67 bits per heavy atom. The Kier molecular flexibility index (Phi) is 1.79. The molecule has 1 heteroatoms. The van der Waals surface area contributed by atoms with Crippen LogP contribution in [0.4, 0.5) is 0 Å². The summed E-state index contributed by atoms with van der Waals surface area (Å²) in [5.74, 6) is 0.877. The third kappa shape index (κ3) is 1.26. The predicted octanol–water partition coefficient (Wildman–Crippen LogP) is 1.86. The van der Waals surface area contributed by atoms with Crippen molar-refractivity contribution in [1.29, 1.82) is 0 Å². The zero-order valence-corrected chi connectivity index (χ0v) is 6.35. The fourth-order valence-electron chi connectivity index (χ4n) is 1.34. The lowest BCUT2D eigenvalue weighted by molar-refractivity contribution is 0.427. The number of hydrogen-bond acceptors (Lipinski definition) is 1. The van der Waals surface area contributed by atoms with E-state index in [1.54, 1.807) is 0 Å². The molecule has 0 aromatic carbocycles. The summed E-state index contributed by atoms with van der Waals surface area (Å²) in [5, 5.41) is 0. The molecular weight excluding hydrogens is 110 g/mol. The molecule has 52 valence electrons. The molecule has 1 fully saturated rings. The second-order valence-corrected chi connectivity index (χ2v) is 2.93. The molecule has 9 heavy (non-hydrogen) atoms. The van der Waals surface area contributed by atoms with E-state index in [-0.39, 0.29) is 0 Å². The topological polar surface area (TPSA) is 3.24 Å². The molecule has 0 N–H and O–H groups in total. The minimum absolute atomic E-state index is 0.877. The minimum atomic E-state index is 0.877. The van der Waals surface area contributed by atoms with Crippen LogP contribution in [-0.2, 0) is 0 Å². The van der Waals surface area contributed by atoms with Gasteiger partial charge in [0.15, 0.2) is 0 Å². The maximum Gasteiger partial charge on any atom is 0.0203 e. The molecular formula is C8H15N. The number of likely N-dealkylation sites (tertiary alicyclic amines) is 1. The van der Waals surface area contributed by atoms with E-state index in [2.05, 4.69) is 25.5 Å². The largest absolute Gasteiger partial charge is 0.378 e. The van der Waals surface area contributed by atoms with E-state index < -0.39 is 0 Å². The van der Waals surface area contributed by atoms with Crippen LogP contribution in [0, 0.1) is 5.92 Å². The van der Waals surface area contributed by atoms with Crippen LogP contribution in [-0.4, -0.2) is 18.5 Å². The third-order valence-electron chi connectivity index (χ3n) is 2.17. The van der Waals surface area contributed by atoms with Crippen LogP contribution in [0.1, 0.15) is 19.8 Å². The Labute approximate surface area is 57.4 Å². The number of allylic oxidation sites excluding steroid dienone is 1. The molecule has 1 aliphatic rings. The molecule has 0 radical (unpaired) electrons. The van der Waals surface area contributed by atoms with E-state index in [1.807, 2.05) is 0 Å². The molecule has 1 unspecified atom stereocenters. The van der Waals surface area contributed by atoms with Gasteiger partial charge in [0.1, 0.15) is 0 Å². The van der Waals surface area contributed by atoms with E-state index >= 15 is 0 Å². The maximum absolute atomic E-state index is 3.96. The van der Waals surface area contributed by atoms with E-state index in [0.717, 1.165) is 5.92 Å². The fraction of sp³-hybridized carbons (Fsp3) is 0.750. The summed E-state index contributed by atoms with van der Waals surface area (Å²) in [6.07, 6.45) is 2.51. The summed E-state index contributed by atoms with van der Waals surface area (Å²) in [6, 6.07) is 0. The molecule has 0 amide bonds. The van der Waals surface area contributed by atoms with Crippen molar-refractivity contribution in [1.82, 2.24) is 4.90 Å². The van der Waals surface area contributed by atoms with Crippen LogP contribution in [0.2, 0.25) is 0 Å². The van der Waals surface area contributed by atoms with Crippen LogP contribution in [0.25, 0.3) is 0 Å². The maximum atomic E-state index is 3.96. The van der Waals surface area contributed by atoms with Crippen molar-refractivity contribution in [2.45, 2.75) is 19.8 Å². The Bertz CT molecular complexity index is 118. The minimum Gasteiger partial charge on any atom is -0.378 e. The van der Waals surface area contributed by atoms with E-state index in [1.165, 1.54) is 25.1 Å². The van der Waals surface area contributed by atoms with Crippen LogP contribution in [0.15, 0.2) is 12.3 Å². The van der Waals surface area contributed by atoms with Crippen molar-refractivity contribution in [2.75, 3.05) is 13.6 Å². The summed E-state index contributed by atoms with van der Waals surface area (Å²) in [7, 11) is 2.12. The summed E-state index contributed by atoms with van der Waals surface area (Å²) in [6.45, 7) is 7.42. The Hall–Kier alpha value is -0.460. The first-order chi connectivity index (χ1) is 4.24. The molecule has 1 heterocycles. The van der Waals surface area contributed by atoms with Gasteiger partial charge in [-0.05, 0) is 12.3 Å². The highest BCUT2D eigenvalue weighted by Crippen LogP contribution is 2.24. The fourth-order valence-corrected chi connectivity index (χ4v) is 1.34. The molecule has 0 saturated carbocycles. The van der Waals surface area contributed by atoms with Crippen molar-refractivity contribution in [3.63, 3.8) is 0 Å². The van der Waals surface area contributed by atoms with Crippen LogP contribution in [0.3, 0.4) is 0 Å². The van der Waals surface area contributed by atoms with Gasteiger partial charge in [-0.3, -0.25) is 0 Å². The van der Waals surface area contributed by atoms with E-state index in [4.69, 9.17) is 0 Å². The van der Waals surface area contributed by atoms with Crippen molar-refractivity contribution in [3.8, 4) is 0 Å². The first-order valence-corrected chi connectivity index (χ1v) is 3.63. The smallest absolute Gasteiger partial charge is 0.0203 e. The molecule has 1 aliphatic heterocycles. The highest BCUT2D eigenvalue weighted by atomic mass is 15.1. The second-order valence-electron chi connectivity index (χ2n) is 2.93. The second kappa shape index (κ2) is 2.42. The lowest BCUT2D eigenvalue weighted by Gasteiger charge is -2.10.